The minimum absolute atomic E-state index is 0.0296. The van der Waals surface area contributed by atoms with Gasteiger partial charge in [-0.15, -0.1) is 0 Å². The maximum Gasteiger partial charge on any atom is 0.449 e. The number of rotatable bonds is 3. The predicted octanol–water partition coefficient (Wildman–Crippen LogP) is 3.66. The smallest absolute Gasteiger partial charge is 0.449 e. The van der Waals surface area contributed by atoms with E-state index in [9.17, 15) is 13.2 Å². The van der Waals surface area contributed by atoms with E-state index in [1.165, 1.54) is 0 Å². The second kappa shape index (κ2) is 6.09. The largest absolute Gasteiger partial charge is 0.456 e. The Morgan fingerprint density at radius 2 is 1.96 bits per heavy atom. The summed E-state index contributed by atoms with van der Waals surface area (Å²) in [6, 6.07) is 0. The van der Waals surface area contributed by atoms with Gasteiger partial charge in [-0.1, -0.05) is 13.8 Å². The molecule has 0 aromatic rings. The Kier molecular flexibility index (Phi) is 4.34. The number of nitrogens with one attached hydrogen (secondary N) is 1. The SMILES string of the molecule is CCNCC1=C(C(F)(F)F)O[C@@H]2O[C@]3(C)CC[C@H]4[C@H](C)CC[C@@H]1[C@@]24OO3. The number of alkyl halides is 3. The van der Waals surface area contributed by atoms with E-state index >= 15 is 0 Å². The lowest BCUT2D eigenvalue weighted by Crippen LogP contribution is -2.67. The molecule has 5 rings (SSSR count). The van der Waals surface area contributed by atoms with Crippen molar-refractivity contribution >= 4 is 0 Å². The van der Waals surface area contributed by atoms with Gasteiger partial charge in [0, 0.05) is 24.8 Å². The Morgan fingerprint density at radius 1 is 1.19 bits per heavy atom. The number of ether oxygens (including phenoxy) is 2. The summed E-state index contributed by atoms with van der Waals surface area (Å²) in [7, 11) is 0. The molecule has 5 nitrogen and oxygen atoms in total. The van der Waals surface area contributed by atoms with Gasteiger partial charge < -0.3 is 14.8 Å². The van der Waals surface area contributed by atoms with Gasteiger partial charge in [0.15, 0.2) is 5.60 Å². The first-order chi connectivity index (χ1) is 12.2. The van der Waals surface area contributed by atoms with Crippen molar-refractivity contribution in [3.63, 3.8) is 0 Å². The van der Waals surface area contributed by atoms with Crippen LogP contribution in [0.4, 0.5) is 13.2 Å². The van der Waals surface area contributed by atoms with E-state index in [1.807, 2.05) is 6.92 Å². The van der Waals surface area contributed by atoms with Crippen LogP contribution in [0.2, 0.25) is 0 Å². The topological polar surface area (TPSA) is 49.0 Å². The first kappa shape index (κ1) is 18.5. The van der Waals surface area contributed by atoms with Crippen LogP contribution in [0, 0.1) is 17.8 Å². The van der Waals surface area contributed by atoms with Crippen molar-refractivity contribution in [3.05, 3.63) is 11.3 Å². The molecule has 1 spiro atoms. The molecule has 1 N–H and O–H groups in total. The number of allylic oxidation sites excluding steroid dienone is 1. The third-order valence-electron chi connectivity index (χ3n) is 6.48. The quantitative estimate of drug-likeness (QED) is 0.761. The molecule has 0 unspecified atom stereocenters. The van der Waals surface area contributed by atoms with E-state index in [4.69, 9.17) is 19.2 Å². The van der Waals surface area contributed by atoms with Gasteiger partial charge in [0.25, 0.3) is 0 Å². The number of fused-ring (bicyclic) bond motifs is 2. The number of likely N-dealkylation sites (N-methyl/N-ethyl adjacent to an activating group) is 1. The van der Waals surface area contributed by atoms with Crippen LogP contribution in [0.15, 0.2) is 11.3 Å². The highest BCUT2D eigenvalue weighted by Crippen LogP contribution is 2.61. The summed E-state index contributed by atoms with van der Waals surface area (Å²) in [5.41, 5.74) is -0.794. The average molecular weight is 377 g/mol. The predicted molar refractivity (Wildman–Crippen MR) is 85.5 cm³/mol. The third-order valence-corrected chi connectivity index (χ3v) is 6.48. The molecular weight excluding hydrogens is 351 g/mol. The van der Waals surface area contributed by atoms with Crippen LogP contribution in [0.3, 0.4) is 0 Å². The van der Waals surface area contributed by atoms with E-state index in [1.54, 1.807) is 6.92 Å². The normalized spacial score (nSPS) is 45.2. The van der Waals surface area contributed by atoms with Crippen molar-refractivity contribution in [1.82, 2.24) is 5.32 Å². The summed E-state index contributed by atoms with van der Waals surface area (Å²) >= 11 is 0. The zero-order chi connectivity index (χ0) is 18.7. The third kappa shape index (κ3) is 2.60. The van der Waals surface area contributed by atoms with Gasteiger partial charge in [0.1, 0.15) is 0 Å². The summed E-state index contributed by atoms with van der Waals surface area (Å²) in [6.07, 6.45) is -2.87. The van der Waals surface area contributed by atoms with Gasteiger partial charge in [-0.3, -0.25) is 0 Å². The molecule has 26 heavy (non-hydrogen) atoms. The van der Waals surface area contributed by atoms with Gasteiger partial charge in [0.2, 0.25) is 17.8 Å². The summed E-state index contributed by atoms with van der Waals surface area (Å²) in [6.45, 7) is 6.38. The molecule has 1 aliphatic carbocycles. The Hall–Kier alpha value is -0.830. The van der Waals surface area contributed by atoms with E-state index in [0.717, 1.165) is 12.8 Å². The molecule has 6 atom stereocenters. The molecule has 0 amide bonds. The summed E-state index contributed by atoms with van der Waals surface area (Å²) in [4.78, 5) is 11.5. The Bertz CT molecular complexity index is 610. The minimum Gasteiger partial charge on any atom is -0.456 e. The Balaban J connectivity index is 1.85. The van der Waals surface area contributed by atoms with Gasteiger partial charge in [-0.25, -0.2) is 9.78 Å². The van der Waals surface area contributed by atoms with Crippen LogP contribution >= 0.6 is 0 Å². The minimum atomic E-state index is -4.57. The van der Waals surface area contributed by atoms with E-state index in [0.29, 0.717) is 25.3 Å². The second-order valence-electron chi connectivity index (χ2n) is 8.11. The molecule has 4 aliphatic heterocycles. The molecule has 2 bridgehead atoms. The highest BCUT2D eigenvalue weighted by molar-refractivity contribution is 5.29. The molecule has 1 saturated carbocycles. The fourth-order valence-electron chi connectivity index (χ4n) is 5.20. The Morgan fingerprint density at radius 3 is 2.65 bits per heavy atom. The summed E-state index contributed by atoms with van der Waals surface area (Å²) in [5, 5.41) is 3.03. The van der Waals surface area contributed by atoms with Crippen LogP contribution in [-0.2, 0) is 19.2 Å². The Labute approximate surface area is 151 Å². The zero-order valence-electron chi connectivity index (χ0n) is 15.3. The molecule has 0 radical (unpaired) electrons. The molecule has 8 heteroatoms. The molecule has 0 aromatic heterocycles. The fourth-order valence-corrected chi connectivity index (χ4v) is 5.20. The van der Waals surface area contributed by atoms with Gasteiger partial charge in [-0.2, -0.15) is 13.2 Å². The summed E-state index contributed by atoms with van der Waals surface area (Å²) < 4.78 is 52.8. The molecule has 4 fully saturated rings. The lowest BCUT2D eigenvalue weighted by molar-refractivity contribution is -0.557. The van der Waals surface area contributed by atoms with Crippen LogP contribution in [-0.4, -0.2) is 36.9 Å². The second-order valence-corrected chi connectivity index (χ2v) is 8.11. The first-order valence-corrected chi connectivity index (χ1v) is 9.43. The van der Waals surface area contributed by atoms with E-state index in [-0.39, 0.29) is 18.0 Å². The van der Waals surface area contributed by atoms with Crippen molar-refractivity contribution in [1.29, 1.82) is 0 Å². The van der Waals surface area contributed by atoms with Crippen molar-refractivity contribution in [2.24, 2.45) is 17.8 Å². The number of hydrogen-bond donors (Lipinski definition) is 1. The fraction of sp³-hybridized carbons (Fsp3) is 0.889. The van der Waals surface area contributed by atoms with Gasteiger partial charge in [0.05, 0.1) is 0 Å². The van der Waals surface area contributed by atoms with Crippen molar-refractivity contribution < 1.29 is 32.4 Å². The molecule has 5 aliphatic rings. The zero-order valence-corrected chi connectivity index (χ0v) is 15.3. The monoisotopic (exact) mass is 377 g/mol. The molecule has 0 aromatic carbocycles. The highest BCUT2D eigenvalue weighted by atomic mass is 19.4. The number of halogens is 3. The van der Waals surface area contributed by atoms with Crippen LogP contribution < -0.4 is 5.32 Å². The van der Waals surface area contributed by atoms with Gasteiger partial charge >= 0.3 is 6.18 Å². The van der Waals surface area contributed by atoms with Crippen LogP contribution in [0.5, 0.6) is 0 Å². The lowest BCUT2D eigenvalue weighted by Gasteiger charge is -2.57. The van der Waals surface area contributed by atoms with E-state index < -0.39 is 35.5 Å². The van der Waals surface area contributed by atoms with Crippen molar-refractivity contribution in [2.45, 2.75) is 70.3 Å². The van der Waals surface area contributed by atoms with Gasteiger partial charge in [-0.05, 0) is 44.2 Å². The van der Waals surface area contributed by atoms with Crippen LogP contribution in [0.25, 0.3) is 0 Å². The standard InChI is InChI=1S/C18H26F3NO4/c1-4-22-9-11-13-6-5-10(2)12-7-8-16(3)24-15(17(12,13)26-25-16)23-14(11)18(19,20)21/h10,12-13,15,22H,4-9H2,1-3H3/t10-,12+,13+,15-,16+,17-/m1/s1. The first-order valence-electron chi connectivity index (χ1n) is 9.43. The molecular formula is C18H26F3NO4. The number of hydrogen-bond acceptors (Lipinski definition) is 5. The highest BCUT2D eigenvalue weighted by Gasteiger charge is 2.70. The maximum absolute atomic E-state index is 13.8. The maximum atomic E-state index is 13.8. The van der Waals surface area contributed by atoms with E-state index in [2.05, 4.69) is 12.2 Å². The van der Waals surface area contributed by atoms with Crippen molar-refractivity contribution in [2.75, 3.05) is 13.1 Å². The lowest BCUT2D eigenvalue weighted by atomic mass is 9.59. The average Bonchev–Trinajstić information content (AvgIpc) is 2.80. The van der Waals surface area contributed by atoms with Crippen LogP contribution in [0.1, 0.15) is 46.5 Å². The molecule has 3 saturated heterocycles. The molecule has 4 heterocycles. The molecule has 148 valence electrons. The van der Waals surface area contributed by atoms with Crippen molar-refractivity contribution in [3.8, 4) is 0 Å². The summed E-state index contributed by atoms with van der Waals surface area (Å²) in [5.74, 6) is -2.11.